The van der Waals surface area contributed by atoms with Crippen molar-refractivity contribution in [1.29, 1.82) is 0 Å². The van der Waals surface area contributed by atoms with Gasteiger partial charge in [0.2, 0.25) is 0 Å². The zero-order valence-corrected chi connectivity index (χ0v) is 12.1. The summed E-state index contributed by atoms with van der Waals surface area (Å²) in [5.41, 5.74) is 1.72. The third-order valence-corrected chi connectivity index (χ3v) is 2.94. The first-order valence-electron chi connectivity index (χ1n) is 5.84. The third-order valence-electron chi connectivity index (χ3n) is 2.48. The van der Waals surface area contributed by atoms with Crippen LogP contribution in [0.5, 0.6) is 5.75 Å². The van der Waals surface area contributed by atoms with Crippen molar-refractivity contribution in [1.82, 2.24) is 10.3 Å². The Morgan fingerprint density at radius 1 is 1.32 bits per heavy atom. The van der Waals surface area contributed by atoms with Crippen molar-refractivity contribution < 1.29 is 9.13 Å². The fraction of sp³-hybridized carbons (Fsp3) is 0.214. The summed E-state index contributed by atoms with van der Waals surface area (Å²) in [4.78, 5) is 4.24. The molecule has 0 amide bonds. The number of pyridine rings is 1. The van der Waals surface area contributed by atoms with Crippen LogP contribution in [0.3, 0.4) is 0 Å². The molecular formula is C14H14BrFN2O. The molecule has 1 heterocycles. The van der Waals surface area contributed by atoms with Crippen LogP contribution in [0, 0.1) is 5.82 Å². The van der Waals surface area contributed by atoms with Gasteiger partial charge in [-0.1, -0.05) is 15.9 Å². The fourth-order valence-corrected chi connectivity index (χ4v) is 2.16. The second-order valence-electron chi connectivity index (χ2n) is 4.08. The molecule has 19 heavy (non-hydrogen) atoms. The number of hydrogen-bond donors (Lipinski definition) is 1. The van der Waals surface area contributed by atoms with Gasteiger partial charge in [0.25, 0.3) is 0 Å². The summed E-state index contributed by atoms with van der Waals surface area (Å²) in [6.45, 7) is 1.03. The van der Waals surface area contributed by atoms with E-state index in [1.165, 1.54) is 12.1 Å². The quantitative estimate of drug-likeness (QED) is 0.916. The summed E-state index contributed by atoms with van der Waals surface area (Å²) in [5, 5.41) is 3.02. The molecule has 100 valence electrons. The summed E-state index contributed by atoms with van der Waals surface area (Å²) >= 11 is 3.25. The van der Waals surface area contributed by atoms with E-state index in [0.717, 1.165) is 17.8 Å². The van der Waals surface area contributed by atoms with Crippen LogP contribution in [-0.4, -0.2) is 12.0 Å². The Hall–Kier alpha value is -1.46. The first-order valence-corrected chi connectivity index (χ1v) is 6.64. The SMILES string of the molecule is CNCc1ccc(OCc2cc(F)cc(Br)c2)cn1. The minimum Gasteiger partial charge on any atom is -0.487 e. The van der Waals surface area contributed by atoms with Crippen molar-refractivity contribution in [3.8, 4) is 5.75 Å². The van der Waals surface area contributed by atoms with Crippen LogP contribution in [0.4, 0.5) is 4.39 Å². The molecule has 1 aromatic carbocycles. The van der Waals surface area contributed by atoms with Crippen LogP contribution in [0.25, 0.3) is 0 Å². The van der Waals surface area contributed by atoms with Crippen molar-refractivity contribution in [2.75, 3.05) is 7.05 Å². The summed E-state index contributed by atoms with van der Waals surface area (Å²) in [5.74, 6) is 0.385. The Kier molecular flexibility index (Phi) is 4.87. The Bertz CT molecular complexity index is 525. The standard InChI is InChI=1S/C14H14BrFN2O/c1-17-7-13-2-3-14(8-18-13)19-9-10-4-11(15)6-12(16)5-10/h2-6,8,17H,7,9H2,1H3. The van der Waals surface area contributed by atoms with Crippen molar-refractivity contribution in [3.63, 3.8) is 0 Å². The van der Waals surface area contributed by atoms with Crippen molar-refractivity contribution in [2.45, 2.75) is 13.2 Å². The summed E-state index contributed by atoms with van der Waals surface area (Å²) in [6.07, 6.45) is 1.67. The summed E-state index contributed by atoms with van der Waals surface area (Å²) < 4.78 is 19.5. The first kappa shape index (κ1) is 14.0. The zero-order valence-electron chi connectivity index (χ0n) is 10.5. The minimum absolute atomic E-state index is 0.282. The molecule has 3 nitrogen and oxygen atoms in total. The molecule has 0 atom stereocenters. The maximum Gasteiger partial charge on any atom is 0.138 e. The summed E-state index contributed by atoms with van der Waals surface area (Å²) in [7, 11) is 1.87. The number of rotatable bonds is 5. The molecule has 5 heteroatoms. The second-order valence-corrected chi connectivity index (χ2v) is 5.00. The molecule has 0 fully saturated rings. The van der Waals surface area contributed by atoms with E-state index < -0.39 is 0 Å². The Labute approximate surface area is 119 Å². The maximum absolute atomic E-state index is 13.2. The molecule has 1 N–H and O–H groups in total. The van der Waals surface area contributed by atoms with Crippen LogP contribution in [0.15, 0.2) is 41.0 Å². The van der Waals surface area contributed by atoms with Gasteiger partial charge in [-0.05, 0) is 42.9 Å². The van der Waals surface area contributed by atoms with Gasteiger partial charge >= 0.3 is 0 Å². The fourth-order valence-electron chi connectivity index (χ4n) is 1.64. The van der Waals surface area contributed by atoms with Gasteiger partial charge in [0, 0.05) is 11.0 Å². The lowest BCUT2D eigenvalue weighted by Crippen LogP contribution is -2.06. The van der Waals surface area contributed by atoms with Gasteiger partial charge in [0.15, 0.2) is 0 Å². The molecule has 0 radical (unpaired) electrons. The molecule has 0 spiro atoms. The van der Waals surface area contributed by atoms with Gasteiger partial charge in [0.05, 0.1) is 11.9 Å². The van der Waals surface area contributed by atoms with E-state index in [0.29, 0.717) is 16.8 Å². The largest absolute Gasteiger partial charge is 0.487 e. The number of hydrogen-bond acceptors (Lipinski definition) is 3. The number of benzene rings is 1. The van der Waals surface area contributed by atoms with Gasteiger partial charge < -0.3 is 10.1 Å². The zero-order chi connectivity index (χ0) is 13.7. The Morgan fingerprint density at radius 3 is 2.79 bits per heavy atom. The minimum atomic E-state index is -0.282. The normalized spacial score (nSPS) is 10.5. The number of ether oxygens (including phenoxy) is 1. The molecule has 0 aliphatic heterocycles. The highest BCUT2D eigenvalue weighted by Gasteiger charge is 2.01. The van der Waals surface area contributed by atoms with Crippen LogP contribution in [0.1, 0.15) is 11.3 Å². The average molecular weight is 325 g/mol. The predicted octanol–water partition coefficient (Wildman–Crippen LogP) is 3.28. The van der Waals surface area contributed by atoms with Crippen molar-refractivity contribution in [3.05, 3.63) is 58.1 Å². The van der Waals surface area contributed by atoms with Gasteiger partial charge in [-0.25, -0.2) is 4.39 Å². The lowest BCUT2D eigenvalue weighted by atomic mass is 10.2. The molecule has 0 aliphatic rings. The van der Waals surface area contributed by atoms with Crippen LogP contribution in [-0.2, 0) is 13.2 Å². The first-order chi connectivity index (χ1) is 9.17. The molecule has 0 saturated heterocycles. The van der Waals surface area contributed by atoms with Gasteiger partial charge in [-0.2, -0.15) is 0 Å². The van der Waals surface area contributed by atoms with E-state index in [2.05, 4.69) is 26.2 Å². The number of aromatic nitrogens is 1. The Balaban J connectivity index is 1.98. The van der Waals surface area contributed by atoms with Crippen molar-refractivity contribution in [2.24, 2.45) is 0 Å². The van der Waals surface area contributed by atoms with Crippen LogP contribution >= 0.6 is 15.9 Å². The molecule has 1 aromatic heterocycles. The van der Waals surface area contributed by atoms with E-state index in [9.17, 15) is 4.39 Å². The topological polar surface area (TPSA) is 34.1 Å². The predicted molar refractivity (Wildman–Crippen MR) is 75.4 cm³/mol. The Morgan fingerprint density at radius 2 is 2.16 bits per heavy atom. The van der Waals surface area contributed by atoms with Gasteiger partial charge in [-0.15, -0.1) is 0 Å². The molecule has 2 rings (SSSR count). The van der Waals surface area contributed by atoms with E-state index in [1.807, 2.05) is 25.2 Å². The number of nitrogens with zero attached hydrogens (tertiary/aromatic N) is 1. The molecule has 0 unspecified atom stereocenters. The monoisotopic (exact) mass is 324 g/mol. The molecule has 0 aliphatic carbocycles. The van der Waals surface area contributed by atoms with Crippen LogP contribution < -0.4 is 10.1 Å². The van der Waals surface area contributed by atoms with E-state index in [1.54, 1.807) is 6.20 Å². The highest BCUT2D eigenvalue weighted by molar-refractivity contribution is 9.10. The summed E-state index contributed by atoms with van der Waals surface area (Å²) in [6, 6.07) is 8.44. The van der Waals surface area contributed by atoms with Gasteiger partial charge in [0.1, 0.15) is 18.2 Å². The van der Waals surface area contributed by atoms with Gasteiger partial charge in [-0.3, -0.25) is 4.98 Å². The number of nitrogens with one attached hydrogen (secondary N) is 1. The highest BCUT2D eigenvalue weighted by atomic mass is 79.9. The molecule has 0 bridgehead atoms. The molecule has 2 aromatic rings. The molecule has 0 saturated carbocycles. The van der Waals surface area contributed by atoms with E-state index in [4.69, 9.17) is 4.74 Å². The average Bonchev–Trinajstić information content (AvgIpc) is 2.37. The van der Waals surface area contributed by atoms with Crippen LogP contribution in [0.2, 0.25) is 0 Å². The van der Waals surface area contributed by atoms with E-state index in [-0.39, 0.29) is 5.82 Å². The van der Waals surface area contributed by atoms with E-state index >= 15 is 0 Å². The smallest absolute Gasteiger partial charge is 0.138 e. The highest BCUT2D eigenvalue weighted by Crippen LogP contribution is 2.17. The lowest BCUT2D eigenvalue weighted by molar-refractivity contribution is 0.304. The van der Waals surface area contributed by atoms with Crippen molar-refractivity contribution >= 4 is 15.9 Å². The number of halogens is 2. The molecular weight excluding hydrogens is 311 g/mol. The maximum atomic E-state index is 13.2. The third kappa shape index (κ3) is 4.29. The second kappa shape index (κ2) is 6.63. The lowest BCUT2D eigenvalue weighted by Gasteiger charge is -2.07.